The summed E-state index contributed by atoms with van der Waals surface area (Å²) in [5.41, 5.74) is 4.11. The van der Waals surface area contributed by atoms with Gasteiger partial charge in [-0.25, -0.2) is 9.97 Å². The Bertz CT molecular complexity index is 440. The van der Waals surface area contributed by atoms with Gasteiger partial charge in [0.15, 0.2) is 0 Å². The summed E-state index contributed by atoms with van der Waals surface area (Å²) >= 11 is 0. The highest BCUT2D eigenvalue weighted by atomic mass is 14.8. The van der Waals surface area contributed by atoms with Gasteiger partial charge in [0.2, 0.25) is 0 Å². The number of benzene rings is 1. The maximum atomic E-state index is 4.33. The first-order valence-corrected chi connectivity index (χ1v) is 5.26. The lowest BCUT2D eigenvalue weighted by molar-refractivity contribution is 0.710. The van der Waals surface area contributed by atoms with Crippen molar-refractivity contribution in [3.63, 3.8) is 0 Å². The first-order chi connectivity index (χ1) is 7.43. The molecule has 2 heteroatoms. The van der Waals surface area contributed by atoms with Crippen LogP contribution in [0.4, 0.5) is 0 Å². The molecule has 0 saturated heterocycles. The Hall–Kier alpha value is -1.70. The highest BCUT2D eigenvalue weighted by Crippen LogP contribution is 2.32. The van der Waals surface area contributed by atoms with Crippen LogP contribution in [0.25, 0.3) is 0 Å². The smallest absolute Gasteiger partial charge is 0.115 e. The van der Waals surface area contributed by atoms with E-state index in [1.807, 2.05) is 12.3 Å². The number of fused-ring (bicyclic) bond motifs is 1. The molecule has 1 aromatic heterocycles. The Kier molecular flexibility index (Phi) is 1.98. The van der Waals surface area contributed by atoms with E-state index < -0.39 is 0 Å². The van der Waals surface area contributed by atoms with Gasteiger partial charge in [-0.2, -0.15) is 0 Å². The van der Waals surface area contributed by atoms with E-state index >= 15 is 0 Å². The molecule has 0 bridgehead atoms. The number of aromatic nitrogens is 2. The molecule has 1 aromatic carbocycles. The van der Waals surface area contributed by atoms with Gasteiger partial charge in [0.25, 0.3) is 0 Å². The highest BCUT2D eigenvalue weighted by molar-refractivity contribution is 5.35. The lowest BCUT2D eigenvalue weighted by atomic mass is 10.0. The predicted molar refractivity (Wildman–Crippen MR) is 58.6 cm³/mol. The second-order valence-electron chi connectivity index (χ2n) is 4.01. The molecular weight excluding hydrogens is 184 g/mol. The molecule has 0 aliphatic heterocycles. The third-order valence-corrected chi connectivity index (χ3v) is 3.07. The van der Waals surface area contributed by atoms with Crippen LogP contribution in [-0.2, 0) is 12.8 Å². The summed E-state index contributed by atoms with van der Waals surface area (Å²) in [6.45, 7) is 0. The Balaban J connectivity index is 1.91. The van der Waals surface area contributed by atoms with Crippen molar-refractivity contribution in [2.24, 2.45) is 0 Å². The molecular formula is C13H12N2. The summed E-state index contributed by atoms with van der Waals surface area (Å²) in [5, 5.41) is 0. The molecule has 0 N–H and O–H groups in total. The molecule has 1 aliphatic rings. The molecule has 0 saturated carbocycles. The van der Waals surface area contributed by atoms with Crippen LogP contribution in [0.5, 0.6) is 0 Å². The summed E-state index contributed by atoms with van der Waals surface area (Å²) in [6, 6.07) is 10.7. The van der Waals surface area contributed by atoms with E-state index in [2.05, 4.69) is 34.2 Å². The van der Waals surface area contributed by atoms with Gasteiger partial charge in [-0.1, -0.05) is 24.3 Å². The van der Waals surface area contributed by atoms with Gasteiger partial charge in [0.05, 0.1) is 0 Å². The zero-order valence-corrected chi connectivity index (χ0v) is 8.43. The molecule has 74 valence electrons. The van der Waals surface area contributed by atoms with E-state index in [0.717, 1.165) is 12.8 Å². The Morgan fingerprint density at radius 1 is 1.00 bits per heavy atom. The minimum atomic E-state index is 0.547. The Labute approximate surface area is 89.0 Å². The third-order valence-electron chi connectivity index (χ3n) is 3.07. The van der Waals surface area contributed by atoms with Gasteiger partial charge in [0, 0.05) is 17.8 Å². The topological polar surface area (TPSA) is 25.8 Å². The van der Waals surface area contributed by atoms with E-state index in [1.165, 1.54) is 16.8 Å². The van der Waals surface area contributed by atoms with Crippen molar-refractivity contribution < 1.29 is 0 Å². The van der Waals surface area contributed by atoms with Crippen LogP contribution in [0.2, 0.25) is 0 Å². The summed E-state index contributed by atoms with van der Waals surface area (Å²) in [4.78, 5) is 8.29. The number of rotatable bonds is 1. The van der Waals surface area contributed by atoms with Gasteiger partial charge in [0.1, 0.15) is 6.33 Å². The Morgan fingerprint density at radius 3 is 2.33 bits per heavy atom. The van der Waals surface area contributed by atoms with E-state index in [-0.39, 0.29) is 0 Å². The van der Waals surface area contributed by atoms with Crippen LogP contribution in [0.3, 0.4) is 0 Å². The molecule has 0 unspecified atom stereocenters. The van der Waals surface area contributed by atoms with Crippen LogP contribution in [-0.4, -0.2) is 9.97 Å². The molecule has 1 heterocycles. The van der Waals surface area contributed by atoms with E-state index in [4.69, 9.17) is 0 Å². The minimum Gasteiger partial charge on any atom is -0.245 e. The van der Waals surface area contributed by atoms with Crippen molar-refractivity contribution >= 4 is 0 Å². The van der Waals surface area contributed by atoms with E-state index in [0.29, 0.717) is 5.92 Å². The molecule has 2 nitrogen and oxygen atoms in total. The summed E-state index contributed by atoms with van der Waals surface area (Å²) in [7, 11) is 0. The standard InChI is InChI=1S/C13H12N2/c1-2-4-11-8-12(7-10(11)3-1)13-5-6-14-9-15-13/h1-6,9,12H,7-8H2. The molecule has 0 spiro atoms. The van der Waals surface area contributed by atoms with Crippen LogP contribution >= 0.6 is 0 Å². The average Bonchev–Trinajstić information content (AvgIpc) is 2.74. The van der Waals surface area contributed by atoms with Crippen LogP contribution in [0.1, 0.15) is 22.7 Å². The zero-order chi connectivity index (χ0) is 10.1. The van der Waals surface area contributed by atoms with Crippen molar-refractivity contribution in [2.45, 2.75) is 18.8 Å². The monoisotopic (exact) mass is 196 g/mol. The fourth-order valence-electron chi connectivity index (χ4n) is 2.31. The molecule has 0 fully saturated rings. The molecule has 2 aromatic rings. The maximum Gasteiger partial charge on any atom is 0.115 e. The van der Waals surface area contributed by atoms with Gasteiger partial charge in [-0.15, -0.1) is 0 Å². The quantitative estimate of drug-likeness (QED) is 0.699. The van der Waals surface area contributed by atoms with E-state index in [1.54, 1.807) is 6.33 Å². The van der Waals surface area contributed by atoms with Crippen molar-refractivity contribution in [2.75, 3.05) is 0 Å². The van der Waals surface area contributed by atoms with Gasteiger partial charge >= 0.3 is 0 Å². The zero-order valence-electron chi connectivity index (χ0n) is 8.43. The van der Waals surface area contributed by atoms with Gasteiger partial charge < -0.3 is 0 Å². The molecule has 0 radical (unpaired) electrons. The summed E-state index contributed by atoms with van der Waals surface area (Å²) in [6.07, 6.45) is 5.70. The van der Waals surface area contributed by atoms with Crippen molar-refractivity contribution in [3.8, 4) is 0 Å². The van der Waals surface area contributed by atoms with Crippen molar-refractivity contribution in [1.82, 2.24) is 9.97 Å². The normalized spacial score (nSPS) is 15.2. The van der Waals surface area contributed by atoms with Gasteiger partial charge in [-0.05, 0) is 30.0 Å². The lowest BCUT2D eigenvalue weighted by Crippen LogP contribution is -2.00. The van der Waals surface area contributed by atoms with Crippen molar-refractivity contribution in [3.05, 3.63) is 59.7 Å². The maximum absolute atomic E-state index is 4.33. The van der Waals surface area contributed by atoms with Gasteiger partial charge in [-0.3, -0.25) is 0 Å². The summed E-state index contributed by atoms with van der Waals surface area (Å²) < 4.78 is 0. The third kappa shape index (κ3) is 1.52. The van der Waals surface area contributed by atoms with Crippen LogP contribution < -0.4 is 0 Å². The predicted octanol–water partition coefficient (Wildman–Crippen LogP) is 2.36. The number of hydrogen-bond acceptors (Lipinski definition) is 2. The molecule has 0 atom stereocenters. The number of hydrogen-bond donors (Lipinski definition) is 0. The second kappa shape index (κ2) is 3.46. The van der Waals surface area contributed by atoms with Crippen LogP contribution in [0, 0.1) is 0 Å². The molecule has 3 rings (SSSR count). The fourth-order valence-corrected chi connectivity index (χ4v) is 2.31. The SMILES string of the molecule is c1ccc2c(c1)CC(c1ccncn1)C2. The average molecular weight is 196 g/mol. The number of nitrogens with zero attached hydrogens (tertiary/aromatic N) is 2. The second-order valence-corrected chi connectivity index (χ2v) is 4.01. The molecule has 0 amide bonds. The van der Waals surface area contributed by atoms with Crippen molar-refractivity contribution in [1.29, 1.82) is 0 Å². The fraction of sp³-hybridized carbons (Fsp3) is 0.231. The first kappa shape index (κ1) is 8.60. The summed E-state index contributed by atoms with van der Waals surface area (Å²) in [5.74, 6) is 0.547. The minimum absolute atomic E-state index is 0.547. The van der Waals surface area contributed by atoms with Crippen LogP contribution in [0.15, 0.2) is 42.9 Å². The Morgan fingerprint density at radius 2 is 1.73 bits per heavy atom. The molecule has 15 heavy (non-hydrogen) atoms. The largest absolute Gasteiger partial charge is 0.245 e. The molecule has 1 aliphatic carbocycles. The highest BCUT2D eigenvalue weighted by Gasteiger charge is 2.22. The first-order valence-electron chi connectivity index (χ1n) is 5.26. The lowest BCUT2D eigenvalue weighted by Gasteiger charge is -2.06. The van der Waals surface area contributed by atoms with E-state index in [9.17, 15) is 0 Å².